The van der Waals surface area contributed by atoms with Gasteiger partial charge in [0.2, 0.25) is 5.91 Å². The molecule has 20 heavy (non-hydrogen) atoms. The van der Waals surface area contributed by atoms with Crippen molar-refractivity contribution in [2.45, 2.75) is 70.4 Å². The SMILES string of the molecule is CCC1CCNC(C(=O)NC2(CO)CCC(C)CC2)C1. The molecule has 2 atom stereocenters. The molecule has 0 radical (unpaired) electrons. The molecule has 1 saturated carbocycles. The molecule has 2 unspecified atom stereocenters. The molecule has 4 heteroatoms. The van der Waals surface area contributed by atoms with Crippen molar-refractivity contribution >= 4 is 5.91 Å². The minimum absolute atomic E-state index is 0.0649. The number of carbonyl (C=O) groups is 1. The maximum atomic E-state index is 12.5. The summed E-state index contributed by atoms with van der Waals surface area (Å²) >= 11 is 0. The van der Waals surface area contributed by atoms with Crippen LogP contribution in [0.2, 0.25) is 0 Å². The van der Waals surface area contributed by atoms with Crippen LogP contribution in [0.25, 0.3) is 0 Å². The van der Waals surface area contributed by atoms with Crippen molar-refractivity contribution in [1.29, 1.82) is 0 Å². The fourth-order valence-electron chi connectivity index (χ4n) is 3.55. The van der Waals surface area contributed by atoms with Gasteiger partial charge in [-0.15, -0.1) is 0 Å². The van der Waals surface area contributed by atoms with Gasteiger partial charge in [-0.1, -0.05) is 20.3 Å². The second kappa shape index (κ2) is 6.90. The molecule has 3 N–H and O–H groups in total. The van der Waals surface area contributed by atoms with E-state index in [1.807, 2.05) is 0 Å². The van der Waals surface area contributed by atoms with E-state index in [4.69, 9.17) is 0 Å². The quantitative estimate of drug-likeness (QED) is 0.737. The predicted octanol–water partition coefficient (Wildman–Crippen LogP) is 1.82. The van der Waals surface area contributed by atoms with Gasteiger partial charge in [-0.05, 0) is 56.9 Å². The zero-order valence-electron chi connectivity index (χ0n) is 13.0. The molecule has 0 aromatic carbocycles. The lowest BCUT2D eigenvalue weighted by Crippen LogP contribution is -2.59. The molecule has 116 valence electrons. The highest BCUT2D eigenvalue weighted by atomic mass is 16.3. The third-order valence-electron chi connectivity index (χ3n) is 5.33. The molecule has 1 aliphatic carbocycles. The number of hydrogen-bond acceptors (Lipinski definition) is 3. The summed E-state index contributed by atoms with van der Waals surface area (Å²) in [4.78, 5) is 12.5. The Bertz CT molecular complexity index is 324. The van der Waals surface area contributed by atoms with Gasteiger partial charge in [0, 0.05) is 0 Å². The summed E-state index contributed by atoms with van der Waals surface area (Å²) in [5.74, 6) is 1.46. The second-order valence-electron chi connectivity index (χ2n) is 6.92. The molecule has 2 fully saturated rings. The molecular formula is C16H30N2O2. The summed E-state index contributed by atoms with van der Waals surface area (Å²) < 4.78 is 0. The zero-order valence-corrected chi connectivity index (χ0v) is 13.0. The first-order valence-electron chi connectivity index (χ1n) is 8.25. The predicted molar refractivity (Wildman–Crippen MR) is 80.4 cm³/mol. The number of aliphatic hydroxyl groups is 1. The van der Waals surface area contributed by atoms with Gasteiger partial charge in [-0.3, -0.25) is 4.79 Å². The van der Waals surface area contributed by atoms with E-state index in [0.717, 1.165) is 45.1 Å². The van der Waals surface area contributed by atoms with Gasteiger partial charge in [0.1, 0.15) is 0 Å². The first-order chi connectivity index (χ1) is 9.58. The highest BCUT2D eigenvalue weighted by Crippen LogP contribution is 2.32. The maximum Gasteiger partial charge on any atom is 0.237 e. The molecule has 2 aliphatic rings. The van der Waals surface area contributed by atoms with Crippen molar-refractivity contribution in [2.24, 2.45) is 11.8 Å². The summed E-state index contributed by atoms with van der Waals surface area (Å²) in [7, 11) is 0. The van der Waals surface area contributed by atoms with E-state index in [9.17, 15) is 9.90 Å². The molecule has 1 aliphatic heterocycles. The van der Waals surface area contributed by atoms with Crippen molar-refractivity contribution in [3.63, 3.8) is 0 Å². The van der Waals surface area contributed by atoms with E-state index < -0.39 is 0 Å². The fraction of sp³-hybridized carbons (Fsp3) is 0.938. The standard InChI is InChI=1S/C16H30N2O2/c1-3-13-6-9-17-14(10-13)15(20)18-16(11-19)7-4-12(2)5-8-16/h12-14,17,19H,3-11H2,1-2H3,(H,18,20). The Kier molecular flexibility index (Phi) is 5.44. The van der Waals surface area contributed by atoms with Crippen LogP contribution < -0.4 is 10.6 Å². The summed E-state index contributed by atoms with van der Waals surface area (Å²) in [6.45, 7) is 5.44. The number of rotatable bonds is 4. The highest BCUT2D eigenvalue weighted by Gasteiger charge is 2.37. The first-order valence-corrected chi connectivity index (χ1v) is 8.25. The number of amides is 1. The largest absolute Gasteiger partial charge is 0.394 e. The van der Waals surface area contributed by atoms with Gasteiger partial charge < -0.3 is 15.7 Å². The van der Waals surface area contributed by atoms with E-state index in [-0.39, 0.29) is 24.1 Å². The smallest absolute Gasteiger partial charge is 0.237 e. The Hall–Kier alpha value is -0.610. The average Bonchev–Trinajstić information content (AvgIpc) is 2.50. The highest BCUT2D eigenvalue weighted by molar-refractivity contribution is 5.82. The molecule has 0 bridgehead atoms. The summed E-state index contributed by atoms with van der Waals surface area (Å²) in [6.07, 6.45) is 7.24. The Morgan fingerprint density at radius 2 is 2.05 bits per heavy atom. The average molecular weight is 282 g/mol. The lowest BCUT2D eigenvalue weighted by atomic mass is 9.77. The third-order valence-corrected chi connectivity index (χ3v) is 5.33. The van der Waals surface area contributed by atoms with Crippen molar-refractivity contribution in [3.8, 4) is 0 Å². The van der Waals surface area contributed by atoms with Gasteiger partial charge in [0.25, 0.3) is 0 Å². The van der Waals surface area contributed by atoms with Gasteiger partial charge in [-0.2, -0.15) is 0 Å². The molecule has 0 aromatic rings. The first kappa shape index (κ1) is 15.8. The summed E-state index contributed by atoms with van der Waals surface area (Å²) in [5.41, 5.74) is -0.371. The summed E-state index contributed by atoms with van der Waals surface area (Å²) in [6, 6.07) is -0.0727. The number of piperidine rings is 1. The van der Waals surface area contributed by atoms with E-state index in [1.54, 1.807) is 0 Å². The van der Waals surface area contributed by atoms with Crippen LogP contribution in [0.15, 0.2) is 0 Å². The Labute approximate surface area is 122 Å². The van der Waals surface area contributed by atoms with Gasteiger partial charge in [0.05, 0.1) is 18.2 Å². The van der Waals surface area contributed by atoms with E-state index in [1.165, 1.54) is 6.42 Å². The fourth-order valence-corrected chi connectivity index (χ4v) is 3.55. The van der Waals surface area contributed by atoms with Crippen molar-refractivity contribution in [3.05, 3.63) is 0 Å². The summed E-state index contributed by atoms with van der Waals surface area (Å²) in [5, 5.41) is 16.2. The Morgan fingerprint density at radius 3 is 2.65 bits per heavy atom. The van der Waals surface area contributed by atoms with Crippen LogP contribution >= 0.6 is 0 Å². The number of hydrogen-bond donors (Lipinski definition) is 3. The normalized spacial score (nSPS) is 38.5. The lowest BCUT2D eigenvalue weighted by molar-refractivity contribution is -0.127. The molecule has 4 nitrogen and oxygen atoms in total. The van der Waals surface area contributed by atoms with Crippen LogP contribution in [0.3, 0.4) is 0 Å². The topological polar surface area (TPSA) is 61.4 Å². The molecule has 1 saturated heterocycles. The Balaban J connectivity index is 1.92. The van der Waals surface area contributed by atoms with Crippen molar-refractivity contribution in [2.75, 3.05) is 13.2 Å². The molecule has 0 spiro atoms. The molecule has 0 aromatic heterocycles. The van der Waals surface area contributed by atoms with Gasteiger partial charge >= 0.3 is 0 Å². The minimum Gasteiger partial charge on any atom is -0.394 e. The van der Waals surface area contributed by atoms with Gasteiger partial charge in [-0.25, -0.2) is 0 Å². The van der Waals surface area contributed by atoms with Crippen LogP contribution in [-0.4, -0.2) is 35.7 Å². The maximum absolute atomic E-state index is 12.5. The van der Waals surface area contributed by atoms with E-state index in [0.29, 0.717) is 11.8 Å². The van der Waals surface area contributed by atoms with Crippen LogP contribution in [0.1, 0.15) is 58.8 Å². The van der Waals surface area contributed by atoms with Crippen LogP contribution in [0, 0.1) is 11.8 Å². The van der Waals surface area contributed by atoms with Crippen LogP contribution in [0.5, 0.6) is 0 Å². The van der Waals surface area contributed by atoms with Crippen LogP contribution in [0.4, 0.5) is 0 Å². The minimum atomic E-state index is -0.371. The Morgan fingerprint density at radius 1 is 1.35 bits per heavy atom. The number of nitrogens with one attached hydrogen (secondary N) is 2. The van der Waals surface area contributed by atoms with Crippen molar-refractivity contribution in [1.82, 2.24) is 10.6 Å². The molecule has 2 rings (SSSR count). The molecule has 1 heterocycles. The monoisotopic (exact) mass is 282 g/mol. The third kappa shape index (κ3) is 3.73. The zero-order chi connectivity index (χ0) is 14.6. The van der Waals surface area contributed by atoms with Crippen molar-refractivity contribution < 1.29 is 9.90 Å². The molecule has 1 amide bonds. The van der Waals surface area contributed by atoms with Crippen LogP contribution in [-0.2, 0) is 4.79 Å². The second-order valence-corrected chi connectivity index (χ2v) is 6.92. The number of carbonyl (C=O) groups excluding carboxylic acids is 1. The van der Waals surface area contributed by atoms with E-state index in [2.05, 4.69) is 24.5 Å². The van der Waals surface area contributed by atoms with E-state index >= 15 is 0 Å². The molecular weight excluding hydrogens is 252 g/mol. The lowest BCUT2D eigenvalue weighted by Gasteiger charge is -2.40. The number of aliphatic hydroxyl groups excluding tert-OH is 1. The van der Waals surface area contributed by atoms with Gasteiger partial charge in [0.15, 0.2) is 0 Å².